The van der Waals surface area contributed by atoms with Crippen molar-refractivity contribution in [3.63, 3.8) is 0 Å². The highest BCUT2D eigenvalue weighted by atomic mass is 32.2. The molecule has 0 radical (unpaired) electrons. The Bertz CT molecular complexity index is 402. The lowest BCUT2D eigenvalue weighted by Crippen LogP contribution is -2.12. The van der Waals surface area contributed by atoms with Gasteiger partial charge in [-0.05, 0) is 24.0 Å². The molecule has 0 saturated carbocycles. The van der Waals surface area contributed by atoms with E-state index in [9.17, 15) is 18.0 Å². The molecular formula is C10H9F3O2S. The number of carbonyl (C=O) groups is 1. The highest BCUT2D eigenvalue weighted by Gasteiger charge is 2.35. The van der Waals surface area contributed by atoms with Gasteiger partial charge in [-0.1, -0.05) is 6.92 Å². The number of carboxylic acids is 1. The highest BCUT2D eigenvalue weighted by molar-refractivity contribution is 7.99. The van der Waals surface area contributed by atoms with Crippen molar-refractivity contribution in [3.05, 3.63) is 29.3 Å². The standard InChI is InChI=1S/C10H9F3O2S/c1-2-16-6-3-4-8(10(11,12)13)7(5-6)9(14)15/h3-5H,2H2,1H3,(H,14,15). The van der Waals surface area contributed by atoms with Gasteiger partial charge in [0.05, 0.1) is 11.1 Å². The first-order valence-electron chi connectivity index (χ1n) is 4.43. The Kier molecular flexibility index (Phi) is 3.85. The van der Waals surface area contributed by atoms with Crippen molar-refractivity contribution < 1.29 is 23.1 Å². The first-order chi connectivity index (χ1) is 7.36. The third kappa shape index (κ3) is 2.91. The van der Waals surface area contributed by atoms with E-state index in [1.165, 1.54) is 17.8 Å². The van der Waals surface area contributed by atoms with Gasteiger partial charge < -0.3 is 5.11 Å². The number of hydrogen-bond acceptors (Lipinski definition) is 2. The second kappa shape index (κ2) is 4.78. The summed E-state index contributed by atoms with van der Waals surface area (Å²) in [6, 6.07) is 3.14. The Morgan fingerprint density at radius 2 is 2.06 bits per heavy atom. The maximum absolute atomic E-state index is 12.5. The van der Waals surface area contributed by atoms with Gasteiger partial charge in [-0.2, -0.15) is 13.2 Å². The zero-order chi connectivity index (χ0) is 12.3. The Balaban J connectivity index is 3.25. The van der Waals surface area contributed by atoms with Crippen LogP contribution in [0.3, 0.4) is 0 Å². The van der Waals surface area contributed by atoms with Gasteiger partial charge in [0.15, 0.2) is 0 Å². The van der Waals surface area contributed by atoms with Crippen LogP contribution in [0.15, 0.2) is 23.1 Å². The van der Waals surface area contributed by atoms with Crippen LogP contribution >= 0.6 is 11.8 Å². The summed E-state index contributed by atoms with van der Waals surface area (Å²) in [6.07, 6.45) is -4.64. The molecule has 0 heterocycles. The van der Waals surface area contributed by atoms with Crippen molar-refractivity contribution in [2.75, 3.05) is 5.75 Å². The summed E-state index contributed by atoms with van der Waals surface area (Å²) in [5.41, 5.74) is -1.81. The zero-order valence-electron chi connectivity index (χ0n) is 8.34. The minimum atomic E-state index is -4.64. The van der Waals surface area contributed by atoms with Crippen molar-refractivity contribution >= 4 is 17.7 Å². The van der Waals surface area contributed by atoms with E-state index in [1.807, 2.05) is 6.92 Å². The van der Waals surface area contributed by atoms with Crippen LogP contribution in [0.2, 0.25) is 0 Å². The molecule has 0 aliphatic carbocycles. The molecule has 2 nitrogen and oxygen atoms in total. The number of carboxylic acid groups (broad SMARTS) is 1. The van der Waals surface area contributed by atoms with Gasteiger partial charge in [-0.3, -0.25) is 0 Å². The summed E-state index contributed by atoms with van der Waals surface area (Å²) in [5.74, 6) is -0.893. The van der Waals surface area contributed by atoms with Gasteiger partial charge in [0.25, 0.3) is 0 Å². The maximum atomic E-state index is 12.5. The Morgan fingerprint density at radius 1 is 1.44 bits per heavy atom. The van der Waals surface area contributed by atoms with Gasteiger partial charge in [-0.15, -0.1) is 11.8 Å². The number of halogens is 3. The number of thioether (sulfide) groups is 1. The molecule has 1 aromatic rings. The molecule has 0 unspecified atom stereocenters. The molecule has 0 fully saturated rings. The molecule has 0 aromatic heterocycles. The van der Waals surface area contributed by atoms with Crippen LogP contribution < -0.4 is 0 Å². The van der Waals surface area contributed by atoms with E-state index < -0.39 is 23.3 Å². The molecule has 0 amide bonds. The van der Waals surface area contributed by atoms with Crippen LogP contribution in [-0.2, 0) is 6.18 Å². The molecule has 0 spiro atoms. The number of aromatic carboxylic acids is 1. The smallest absolute Gasteiger partial charge is 0.417 e. The van der Waals surface area contributed by atoms with Gasteiger partial charge in [-0.25, -0.2) is 4.79 Å². The number of alkyl halides is 3. The summed E-state index contributed by atoms with van der Waals surface area (Å²) < 4.78 is 37.4. The molecule has 0 bridgehead atoms. The highest BCUT2D eigenvalue weighted by Crippen LogP contribution is 2.34. The van der Waals surface area contributed by atoms with E-state index in [4.69, 9.17) is 5.11 Å². The lowest BCUT2D eigenvalue weighted by molar-refractivity contribution is -0.138. The summed E-state index contributed by atoms with van der Waals surface area (Å²) >= 11 is 1.30. The predicted molar refractivity (Wildman–Crippen MR) is 54.8 cm³/mol. The van der Waals surface area contributed by atoms with Crippen LogP contribution in [-0.4, -0.2) is 16.8 Å². The lowest BCUT2D eigenvalue weighted by Gasteiger charge is -2.11. The zero-order valence-corrected chi connectivity index (χ0v) is 9.15. The molecule has 88 valence electrons. The average Bonchev–Trinajstić information content (AvgIpc) is 2.16. The average molecular weight is 250 g/mol. The third-order valence-corrected chi connectivity index (χ3v) is 2.71. The largest absolute Gasteiger partial charge is 0.478 e. The Morgan fingerprint density at radius 3 is 2.50 bits per heavy atom. The van der Waals surface area contributed by atoms with E-state index >= 15 is 0 Å². The van der Waals surface area contributed by atoms with Crippen molar-refractivity contribution in [1.29, 1.82) is 0 Å². The second-order valence-electron chi connectivity index (χ2n) is 2.94. The quantitative estimate of drug-likeness (QED) is 0.834. The summed E-state index contributed by atoms with van der Waals surface area (Å²) in [4.78, 5) is 11.2. The molecule has 1 rings (SSSR count). The van der Waals surface area contributed by atoms with Crippen LogP contribution in [0.1, 0.15) is 22.8 Å². The van der Waals surface area contributed by atoms with E-state index in [0.717, 1.165) is 12.1 Å². The Hall–Kier alpha value is -1.17. The summed E-state index contributed by atoms with van der Waals surface area (Å²) in [5, 5.41) is 8.71. The van der Waals surface area contributed by atoms with Crippen molar-refractivity contribution in [1.82, 2.24) is 0 Å². The first-order valence-corrected chi connectivity index (χ1v) is 5.42. The number of benzene rings is 1. The van der Waals surface area contributed by atoms with E-state index in [0.29, 0.717) is 10.6 Å². The van der Waals surface area contributed by atoms with Crippen LogP contribution in [0.5, 0.6) is 0 Å². The van der Waals surface area contributed by atoms with Gasteiger partial charge in [0.1, 0.15) is 0 Å². The predicted octanol–water partition coefficient (Wildman–Crippen LogP) is 3.52. The Labute approximate surface area is 94.5 Å². The van der Waals surface area contributed by atoms with Gasteiger partial charge in [0.2, 0.25) is 0 Å². The molecule has 0 aliphatic rings. The topological polar surface area (TPSA) is 37.3 Å². The molecule has 0 aliphatic heterocycles. The molecule has 1 N–H and O–H groups in total. The van der Waals surface area contributed by atoms with E-state index in [1.54, 1.807) is 0 Å². The lowest BCUT2D eigenvalue weighted by atomic mass is 10.1. The molecule has 0 atom stereocenters. The molecule has 6 heteroatoms. The number of hydrogen-bond donors (Lipinski definition) is 1. The fourth-order valence-corrected chi connectivity index (χ4v) is 1.90. The number of rotatable bonds is 3. The van der Waals surface area contributed by atoms with Gasteiger partial charge >= 0.3 is 12.1 Å². The fourth-order valence-electron chi connectivity index (χ4n) is 1.20. The molecule has 16 heavy (non-hydrogen) atoms. The molecular weight excluding hydrogens is 241 g/mol. The monoisotopic (exact) mass is 250 g/mol. The van der Waals surface area contributed by atoms with E-state index in [-0.39, 0.29) is 0 Å². The minimum absolute atomic E-state index is 0.521. The van der Waals surface area contributed by atoms with Crippen molar-refractivity contribution in [3.8, 4) is 0 Å². The SMILES string of the molecule is CCSc1ccc(C(F)(F)F)c(C(=O)O)c1. The van der Waals surface area contributed by atoms with Crippen LogP contribution in [0.25, 0.3) is 0 Å². The normalized spacial score (nSPS) is 11.5. The molecule has 0 saturated heterocycles. The van der Waals surface area contributed by atoms with Crippen molar-refractivity contribution in [2.24, 2.45) is 0 Å². The maximum Gasteiger partial charge on any atom is 0.417 e. The minimum Gasteiger partial charge on any atom is -0.478 e. The van der Waals surface area contributed by atoms with Crippen LogP contribution in [0.4, 0.5) is 13.2 Å². The van der Waals surface area contributed by atoms with Gasteiger partial charge in [0, 0.05) is 4.90 Å². The van der Waals surface area contributed by atoms with E-state index in [2.05, 4.69) is 0 Å². The van der Waals surface area contributed by atoms with Crippen molar-refractivity contribution in [2.45, 2.75) is 18.0 Å². The summed E-state index contributed by atoms with van der Waals surface area (Å²) in [7, 11) is 0. The third-order valence-electron chi connectivity index (χ3n) is 1.84. The second-order valence-corrected chi connectivity index (χ2v) is 4.28. The first kappa shape index (κ1) is 12.9. The summed E-state index contributed by atoms with van der Waals surface area (Å²) in [6.45, 7) is 1.84. The molecule has 1 aromatic carbocycles. The van der Waals surface area contributed by atoms with Crippen LogP contribution in [0, 0.1) is 0 Å². The fraction of sp³-hybridized carbons (Fsp3) is 0.300.